The highest BCUT2D eigenvalue weighted by Crippen LogP contribution is 2.33. The molecule has 134 valence electrons. The molecule has 1 aliphatic rings. The zero-order valence-corrected chi connectivity index (χ0v) is 15.0. The predicted molar refractivity (Wildman–Crippen MR) is 107 cm³/mol. The summed E-state index contributed by atoms with van der Waals surface area (Å²) in [6, 6.07) is 12.4. The van der Waals surface area contributed by atoms with E-state index in [1.54, 1.807) is 31.3 Å². The van der Waals surface area contributed by atoms with Gasteiger partial charge in [-0.3, -0.25) is 14.8 Å². The molecule has 0 aliphatic carbocycles. The van der Waals surface area contributed by atoms with Gasteiger partial charge >= 0.3 is 5.69 Å². The first-order chi connectivity index (χ1) is 13.0. The van der Waals surface area contributed by atoms with Gasteiger partial charge in [-0.05, 0) is 36.8 Å². The standard InChI is InChI=1S/C20H14ClN3O3/c1-11-15(21)6-4-8-17(11)24-19(26)14(18(25)23-20(24)27)9-12-10-22-16-7-3-2-5-13(12)16/h2-10,26H,1H3,(H,23,25,27). The molecule has 1 aromatic heterocycles. The molecule has 0 amide bonds. The molecular weight excluding hydrogens is 366 g/mol. The highest BCUT2D eigenvalue weighted by molar-refractivity contribution is 6.31. The molecule has 0 spiro atoms. The lowest BCUT2D eigenvalue weighted by atomic mass is 10.1. The number of allylic oxidation sites excluding steroid dienone is 1. The van der Waals surface area contributed by atoms with Crippen molar-refractivity contribution < 1.29 is 5.11 Å². The zero-order valence-electron chi connectivity index (χ0n) is 14.2. The van der Waals surface area contributed by atoms with E-state index in [1.807, 2.05) is 24.3 Å². The number of para-hydroxylation sites is 1. The number of hydrogen-bond donors (Lipinski definition) is 2. The van der Waals surface area contributed by atoms with Crippen molar-refractivity contribution in [3.05, 3.63) is 85.0 Å². The maximum Gasteiger partial charge on any atom is 0.335 e. The summed E-state index contributed by atoms with van der Waals surface area (Å²) in [6.07, 6.45) is 3.13. The summed E-state index contributed by atoms with van der Waals surface area (Å²) < 4.78 is 1.03. The first kappa shape index (κ1) is 17.1. The minimum absolute atomic E-state index is 0.0351. The second kappa shape index (κ2) is 6.41. The molecule has 2 N–H and O–H groups in total. The minimum atomic E-state index is -0.745. The minimum Gasteiger partial charge on any atom is -0.494 e. The number of benzene rings is 2. The third kappa shape index (κ3) is 2.80. The maximum absolute atomic E-state index is 12.4. The number of aromatic amines is 1. The third-order valence-electron chi connectivity index (χ3n) is 4.46. The SMILES string of the molecule is Cc1c(Cl)cccc1-n1c(O)c(C=C2C=Nc3ccccc32)c(=O)[nH]c1=O. The summed E-state index contributed by atoms with van der Waals surface area (Å²) in [5.41, 5.74) is 1.82. The van der Waals surface area contributed by atoms with Crippen molar-refractivity contribution in [2.45, 2.75) is 6.92 Å². The van der Waals surface area contributed by atoms with Crippen molar-refractivity contribution in [1.82, 2.24) is 9.55 Å². The van der Waals surface area contributed by atoms with Gasteiger partial charge < -0.3 is 5.11 Å². The Labute approximate surface area is 158 Å². The Morgan fingerprint density at radius 1 is 1.15 bits per heavy atom. The first-order valence-corrected chi connectivity index (χ1v) is 8.54. The molecule has 7 heteroatoms. The van der Waals surface area contributed by atoms with Crippen LogP contribution in [0.25, 0.3) is 17.3 Å². The van der Waals surface area contributed by atoms with E-state index < -0.39 is 17.1 Å². The summed E-state index contributed by atoms with van der Waals surface area (Å²) in [5.74, 6) is -0.459. The fourth-order valence-corrected chi connectivity index (χ4v) is 3.21. The van der Waals surface area contributed by atoms with E-state index in [1.165, 1.54) is 6.08 Å². The second-order valence-electron chi connectivity index (χ2n) is 6.09. The summed E-state index contributed by atoms with van der Waals surface area (Å²) in [5, 5.41) is 11.2. The quantitative estimate of drug-likeness (QED) is 0.714. The molecule has 27 heavy (non-hydrogen) atoms. The Morgan fingerprint density at radius 3 is 2.74 bits per heavy atom. The molecule has 0 atom stereocenters. The van der Waals surface area contributed by atoms with Crippen molar-refractivity contribution in [2.24, 2.45) is 4.99 Å². The number of fused-ring (bicyclic) bond motifs is 1. The topological polar surface area (TPSA) is 87.4 Å². The fourth-order valence-electron chi connectivity index (χ4n) is 3.04. The van der Waals surface area contributed by atoms with Crippen LogP contribution in [0.1, 0.15) is 16.7 Å². The molecule has 6 nitrogen and oxygen atoms in total. The molecule has 0 bridgehead atoms. The van der Waals surface area contributed by atoms with Crippen molar-refractivity contribution in [3.8, 4) is 11.6 Å². The number of aliphatic imine (C=N–C) groups is 1. The molecular formula is C20H14ClN3O3. The van der Waals surface area contributed by atoms with Gasteiger partial charge in [-0.15, -0.1) is 0 Å². The van der Waals surface area contributed by atoms with Crippen molar-refractivity contribution in [2.75, 3.05) is 0 Å². The summed E-state index contributed by atoms with van der Waals surface area (Å²) in [7, 11) is 0. The van der Waals surface area contributed by atoms with Crippen LogP contribution in [-0.4, -0.2) is 20.9 Å². The van der Waals surface area contributed by atoms with Gasteiger partial charge in [0.25, 0.3) is 5.56 Å². The van der Waals surface area contributed by atoms with Crippen LogP contribution in [-0.2, 0) is 0 Å². The van der Waals surface area contributed by atoms with Crippen LogP contribution in [0.15, 0.2) is 57.0 Å². The molecule has 0 saturated carbocycles. The molecule has 2 heterocycles. The van der Waals surface area contributed by atoms with Gasteiger partial charge in [-0.1, -0.05) is 35.9 Å². The lowest BCUT2D eigenvalue weighted by Crippen LogP contribution is -2.30. The number of H-pyrrole nitrogens is 1. The Kier molecular flexibility index (Phi) is 4.05. The van der Waals surface area contributed by atoms with Crippen LogP contribution in [0, 0.1) is 6.92 Å². The fraction of sp³-hybridized carbons (Fsp3) is 0.0500. The highest BCUT2D eigenvalue weighted by atomic mass is 35.5. The van der Waals surface area contributed by atoms with Crippen LogP contribution in [0.2, 0.25) is 5.02 Å². The van der Waals surface area contributed by atoms with Gasteiger partial charge in [-0.25, -0.2) is 9.36 Å². The van der Waals surface area contributed by atoms with E-state index >= 15 is 0 Å². The molecule has 0 fully saturated rings. The number of hydrogen-bond acceptors (Lipinski definition) is 4. The summed E-state index contributed by atoms with van der Waals surface area (Å²) in [6.45, 7) is 1.73. The number of aromatic nitrogens is 2. The zero-order chi connectivity index (χ0) is 19.1. The van der Waals surface area contributed by atoms with Gasteiger partial charge in [0.05, 0.1) is 11.4 Å². The van der Waals surface area contributed by atoms with E-state index in [4.69, 9.17) is 11.6 Å². The van der Waals surface area contributed by atoms with Gasteiger partial charge in [-0.2, -0.15) is 0 Å². The number of rotatable bonds is 2. The molecule has 0 saturated heterocycles. The van der Waals surface area contributed by atoms with Crippen LogP contribution >= 0.6 is 11.6 Å². The molecule has 4 rings (SSSR count). The molecule has 1 aliphatic heterocycles. The predicted octanol–water partition coefficient (Wildman–Crippen LogP) is 3.45. The van der Waals surface area contributed by atoms with Gasteiger partial charge in [0.15, 0.2) is 0 Å². The number of aromatic hydroxyl groups is 1. The Hall–Kier alpha value is -3.38. The largest absolute Gasteiger partial charge is 0.494 e. The summed E-state index contributed by atoms with van der Waals surface area (Å²) in [4.78, 5) is 31.3. The Balaban J connectivity index is 1.96. The Morgan fingerprint density at radius 2 is 1.93 bits per heavy atom. The number of nitrogens with one attached hydrogen (secondary N) is 1. The first-order valence-electron chi connectivity index (χ1n) is 8.16. The monoisotopic (exact) mass is 379 g/mol. The van der Waals surface area contributed by atoms with E-state index in [0.717, 1.165) is 15.8 Å². The van der Waals surface area contributed by atoms with Crippen LogP contribution < -0.4 is 11.2 Å². The molecule has 3 aromatic rings. The van der Waals surface area contributed by atoms with Gasteiger partial charge in [0.1, 0.15) is 5.56 Å². The van der Waals surface area contributed by atoms with Gasteiger partial charge in [0.2, 0.25) is 5.88 Å². The third-order valence-corrected chi connectivity index (χ3v) is 4.87. The lowest BCUT2D eigenvalue weighted by molar-refractivity contribution is 0.429. The average molecular weight is 380 g/mol. The highest BCUT2D eigenvalue weighted by Gasteiger charge is 2.18. The molecule has 0 radical (unpaired) electrons. The van der Waals surface area contributed by atoms with Crippen molar-refractivity contribution in [3.63, 3.8) is 0 Å². The van der Waals surface area contributed by atoms with E-state index in [0.29, 0.717) is 21.8 Å². The summed E-state index contributed by atoms with van der Waals surface area (Å²) >= 11 is 6.13. The van der Waals surface area contributed by atoms with Crippen molar-refractivity contribution in [1.29, 1.82) is 0 Å². The number of nitrogens with zero attached hydrogens (tertiary/aromatic N) is 2. The van der Waals surface area contributed by atoms with Crippen LogP contribution in [0.4, 0.5) is 5.69 Å². The van der Waals surface area contributed by atoms with Crippen molar-refractivity contribution >= 4 is 35.2 Å². The van der Waals surface area contributed by atoms with E-state index in [2.05, 4.69) is 9.98 Å². The number of halogens is 1. The normalized spacial score (nSPS) is 13.9. The Bertz CT molecular complexity index is 1250. The van der Waals surface area contributed by atoms with Gasteiger partial charge in [0, 0.05) is 22.4 Å². The van der Waals surface area contributed by atoms with Crippen LogP contribution in [0.3, 0.4) is 0 Å². The second-order valence-corrected chi connectivity index (χ2v) is 6.50. The molecule has 0 unspecified atom stereocenters. The van der Waals surface area contributed by atoms with Crippen LogP contribution in [0.5, 0.6) is 5.88 Å². The lowest BCUT2D eigenvalue weighted by Gasteiger charge is -2.13. The maximum atomic E-state index is 12.4. The average Bonchev–Trinajstić information content (AvgIpc) is 3.05. The molecule has 2 aromatic carbocycles. The van der Waals surface area contributed by atoms with E-state index in [9.17, 15) is 14.7 Å². The van der Waals surface area contributed by atoms with E-state index in [-0.39, 0.29) is 5.56 Å². The smallest absolute Gasteiger partial charge is 0.335 e.